The van der Waals surface area contributed by atoms with Gasteiger partial charge in [-0.1, -0.05) is 0 Å². The maximum absolute atomic E-state index is 5.38. The fourth-order valence-electron chi connectivity index (χ4n) is 3.78. The number of aromatic amines is 1. The van der Waals surface area contributed by atoms with Crippen molar-refractivity contribution >= 4 is 11.0 Å². The highest BCUT2D eigenvalue weighted by molar-refractivity contribution is 5.76. The van der Waals surface area contributed by atoms with E-state index in [9.17, 15) is 0 Å². The van der Waals surface area contributed by atoms with Gasteiger partial charge in [-0.3, -0.25) is 9.80 Å². The van der Waals surface area contributed by atoms with E-state index in [0.717, 1.165) is 73.4 Å². The van der Waals surface area contributed by atoms with Gasteiger partial charge >= 0.3 is 0 Å². The van der Waals surface area contributed by atoms with Crippen molar-refractivity contribution in [1.29, 1.82) is 0 Å². The van der Waals surface area contributed by atoms with Crippen molar-refractivity contribution < 1.29 is 14.2 Å². The van der Waals surface area contributed by atoms with Crippen LogP contribution >= 0.6 is 0 Å². The molecule has 0 saturated carbocycles. The summed E-state index contributed by atoms with van der Waals surface area (Å²) in [5.74, 6) is 3.51. The van der Waals surface area contributed by atoms with Gasteiger partial charge in [-0.15, -0.1) is 0 Å². The summed E-state index contributed by atoms with van der Waals surface area (Å²) < 4.78 is 16.1. The molecule has 7 nitrogen and oxygen atoms in total. The van der Waals surface area contributed by atoms with Crippen molar-refractivity contribution in [2.75, 3.05) is 47.5 Å². The molecule has 0 spiro atoms. The summed E-state index contributed by atoms with van der Waals surface area (Å²) in [5.41, 5.74) is 3.21. The maximum Gasteiger partial charge on any atom is 0.122 e. The number of aromatic nitrogens is 2. The Morgan fingerprint density at radius 1 is 0.793 bits per heavy atom. The maximum atomic E-state index is 5.38. The van der Waals surface area contributed by atoms with Crippen LogP contribution < -0.4 is 14.2 Å². The molecule has 7 heteroatoms. The number of nitrogens with one attached hydrogen (secondary N) is 1. The number of benzene rings is 2. The lowest BCUT2D eigenvalue weighted by atomic mass is 10.1. The van der Waals surface area contributed by atoms with Crippen LogP contribution in [0.4, 0.5) is 0 Å². The van der Waals surface area contributed by atoms with E-state index in [4.69, 9.17) is 19.2 Å². The van der Waals surface area contributed by atoms with Gasteiger partial charge in [0.1, 0.15) is 23.1 Å². The second-order valence-electron chi connectivity index (χ2n) is 7.34. The average Bonchev–Trinajstić information content (AvgIpc) is 3.16. The van der Waals surface area contributed by atoms with Gasteiger partial charge in [0.2, 0.25) is 0 Å². The molecule has 0 radical (unpaired) electrons. The summed E-state index contributed by atoms with van der Waals surface area (Å²) in [6, 6.07) is 12.0. The van der Waals surface area contributed by atoms with Crippen LogP contribution in [0.5, 0.6) is 17.2 Å². The van der Waals surface area contributed by atoms with Gasteiger partial charge in [0.05, 0.1) is 38.9 Å². The van der Waals surface area contributed by atoms with Gasteiger partial charge in [0, 0.05) is 44.9 Å². The van der Waals surface area contributed by atoms with Crippen LogP contribution in [-0.2, 0) is 13.1 Å². The summed E-state index contributed by atoms with van der Waals surface area (Å²) in [4.78, 5) is 13.0. The van der Waals surface area contributed by atoms with Gasteiger partial charge in [-0.2, -0.15) is 0 Å². The first-order valence-corrected chi connectivity index (χ1v) is 9.86. The van der Waals surface area contributed by atoms with E-state index in [1.807, 2.05) is 24.3 Å². The third kappa shape index (κ3) is 4.63. The van der Waals surface area contributed by atoms with Gasteiger partial charge in [0.25, 0.3) is 0 Å². The lowest BCUT2D eigenvalue weighted by Crippen LogP contribution is -2.45. The van der Waals surface area contributed by atoms with Crippen LogP contribution in [0.2, 0.25) is 0 Å². The molecule has 1 aliphatic rings. The Labute approximate surface area is 171 Å². The highest BCUT2D eigenvalue weighted by Crippen LogP contribution is 2.24. The van der Waals surface area contributed by atoms with E-state index in [1.54, 1.807) is 21.3 Å². The van der Waals surface area contributed by atoms with E-state index < -0.39 is 0 Å². The molecule has 1 aliphatic heterocycles. The zero-order chi connectivity index (χ0) is 20.2. The number of H-pyrrole nitrogens is 1. The minimum Gasteiger partial charge on any atom is -0.497 e. The Balaban J connectivity index is 1.34. The molecule has 1 N–H and O–H groups in total. The van der Waals surface area contributed by atoms with Crippen molar-refractivity contribution in [2.24, 2.45) is 0 Å². The molecule has 1 aromatic heterocycles. The zero-order valence-electron chi connectivity index (χ0n) is 17.3. The lowest BCUT2D eigenvalue weighted by molar-refractivity contribution is 0.120. The Kier molecular flexibility index (Phi) is 5.87. The topological polar surface area (TPSA) is 62.8 Å². The smallest absolute Gasteiger partial charge is 0.122 e. The largest absolute Gasteiger partial charge is 0.497 e. The Bertz CT molecular complexity index is 942. The predicted molar refractivity (Wildman–Crippen MR) is 113 cm³/mol. The summed E-state index contributed by atoms with van der Waals surface area (Å²) in [6.07, 6.45) is 0. The molecule has 1 fully saturated rings. The number of nitrogens with zero attached hydrogens (tertiary/aromatic N) is 3. The predicted octanol–water partition coefficient (Wildman–Crippen LogP) is 2.91. The summed E-state index contributed by atoms with van der Waals surface area (Å²) in [5, 5.41) is 0. The number of rotatable bonds is 7. The van der Waals surface area contributed by atoms with Crippen molar-refractivity contribution in [3.05, 3.63) is 47.8 Å². The third-order valence-corrected chi connectivity index (χ3v) is 5.39. The summed E-state index contributed by atoms with van der Waals surface area (Å²) in [7, 11) is 5.05. The van der Waals surface area contributed by atoms with Crippen LogP contribution in [0.15, 0.2) is 36.4 Å². The molecule has 0 bridgehead atoms. The highest BCUT2D eigenvalue weighted by atomic mass is 16.5. The number of hydrogen-bond acceptors (Lipinski definition) is 6. The first kappa shape index (κ1) is 19.5. The molecule has 2 heterocycles. The fourth-order valence-corrected chi connectivity index (χ4v) is 3.78. The molecule has 1 saturated heterocycles. The molecule has 0 unspecified atom stereocenters. The van der Waals surface area contributed by atoms with E-state index in [2.05, 4.69) is 26.9 Å². The number of ether oxygens (including phenoxy) is 3. The van der Waals surface area contributed by atoms with Gasteiger partial charge in [-0.25, -0.2) is 4.98 Å². The number of hydrogen-bond donors (Lipinski definition) is 1. The molecule has 154 valence electrons. The molecule has 2 aromatic carbocycles. The minimum atomic E-state index is 0.831. The van der Waals surface area contributed by atoms with E-state index in [0.29, 0.717) is 0 Å². The van der Waals surface area contributed by atoms with Crippen molar-refractivity contribution in [1.82, 2.24) is 19.8 Å². The van der Waals surface area contributed by atoms with Gasteiger partial charge in [-0.05, 0) is 29.8 Å². The second-order valence-corrected chi connectivity index (χ2v) is 7.34. The Morgan fingerprint density at radius 3 is 2.03 bits per heavy atom. The van der Waals surface area contributed by atoms with Crippen molar-refractivity contribution in [3.8, 4) is 17.2 Å². The number of fused-ring (bicyclic) bond motifs is 1. The molecular formula is C22H28N4O3. The Morgan fingerprint density at radius 2 is 1.41 bits per heavy atom. The molecular weight excluding hydrogens is 368 g/mol. The third-order valence-electron chi connectivity index (χ3n) is 5.39. The quantitative estimate of drug-likeness (QED) is 0.663. The number of imidazole rings is 1. The van der Waals surface area contributed by atoms with Crippen molar-refractivity contribution in [3.63, 3.8) is 0 Å². The van der Waals surface area contributed by atoms with Gasteiger partial charge in [0.15, 0.2) is 0 Å². The number of methoxy groups -OCH3 is 3. The van der Waals surface area contributed by atoms with Gasteiger partial charge < -0.3 is 19.2 Å². The van der Waals surface area contributed by atoms with Crippen LogP contribution in [-0.4, -0.2) is 67.3 Å². The van der Waals surface area contributed by atoms with E-state index in [-0.39, 0.29) is 0 Å². The van der Waals surface area contributed by atoms with Crippen LogP contribution in [0.1, 0.15) is 11.4 Å². The van der Waals surface area contributed by atoms with Crippen LogP contribution in [0.3, 0.4) is 0 Å². The molecule has 0 amide bonds. The van der Waals surface area contributed by atoms with Crippen molar-refractivity contribution in [2.45, 2.75) is 13.1 Å². The molecule has 3 aromatic rings. The SMILES string of the molecule is COc1cc(CN2CCN(Cc3nc4ccc(OC)cc4[nH]3)CC2)cc(OC)c1. The van der Waals surface area contributed by atoms with E-state index in [1.165, 1.54) is 5.56 Å². The molecule has 4 rings (SSSR count). The van der Waals surface area contributed by atoms with E-state index >= 15 is 0 Å². The van der Waals surface area contributed by atoms with Crippen LogP contribution in [0.25, 0.3) is 11.0 Å². The molecule has 29 heavy (non-hydrogen) atoms. The zero-order valence-corrected chi connectivity index (χ0v) is 17.3. The average molecular weight is 396 g/mol. The molecule has 0 aliphatic carbocycles. The number of piperazine rings is 1. The monoisotopic (exact) mass is 396 g/mol. The Hall–Kier alpha value is -2.77. The summed E-state index contributed by atoms with van der Waals surface area (Å²) in [6.45, 7) is 5.80. The molecule has 0 atom stereocenters. The first-order valence-electron chi connectivity index (χ1n) is 9.86. The second kappa shape index (κ2) is 8.71. The first-order chi connectivity index (χ1) is 14.2. The standard InChI is InChI=1S/C22H28N4O3/c1-27-17-4-5-20-21(13-17)24-22(23-20)15-26-8-6-25(7-9-26)14-16-10-18(28-2)12-19(11-16)29-3/h4-5,10-13H,6-9,14-15H2,1-3H3,(H,23,24). The normalized spacial score (nSPS) is 15.6. The lowest BCUT2D eigenvalue weighted by Gasteiger charge is -2.34. The highest BCUT2D eigenvalue weighted by Gasteiger charge is 2.19. The summed E-state index contributed by atoms with van der Waals surface area (Å²) >= 11 is 0. The fraction of sp³-hybridized carbons (Fsp3) is 0.409. The van der Waals surface area contributed by atoms with Crippen LogP contribution in [0, 0.1) is 0 Å². The minimum absolute atomic E-state index is 0.831.